The smallest absolute Gasteiger partial charge is 0.302 e. The number of ether oxygens (including phenoxy) is 1. The molecule has 0 amide bonds. The van der Waals surface area contributed by atoms with Gasteiger partial charge in [-0.15, -0.1) is 0 Å². The fourth-order valence-corrected chi connectivity index (χ4v) is 9.42. The average Bonchev–Trinajstić information content (AvgIpc) is 3.14. The normalized spacial score (nSPS) is 48.7. The predicted octanol–water partition coefficient (Wildman–Crippen LogP) is 6.72. The third kappa shape index (κ3) is 3.36. The summed E-state index contributed by atoms with van der Waals surface area (Å²) in [5.74, 6) is 10.3. The van der Waals surface area contributed by atoms with E-state index in [1.807, 2.05) is 0 Å². The standard InChI is InChI=1S/C30H46O4/c1-19(2)20(3)8-9-21(4)24-10-11-25-27(24,6)14-13-26-28(7)15-12-23(32-22(5)31)18-29(28)16-17-30(25,26)34-33-29/h19-21,23-26H,10-18H2,1-7H3/t20-,21+,23+,24-,25-,26-,27+,28+,29+,30-/m0/s1. The second-order valence-electron chi connectivity index (χ2n) is 13.5. The molecule has 6 aliphatic rings. The Morgan fingerprint density at radius 3 is 2.32 bits per heavy atom. The number of rotatable bonds is 3. The highest BCUT2D eigenvalue weighted by atomic mass is 17.2. The van der Waals surface area contributed by atoms with Gasteiger partial charge in [0.25, 0.3) is 0 Å². The van der Waals surface area contributed by atoms with E-state index in [0.717, 1.165) is 32.1 Å². The summed E-state index contributed by atoms with van der Waals surface area (Å²) >= 11 is 0. The van der Waals surface area contributed by atoms with E-state index < -0.39 is 0 Å². The maximum atomic E-state index is 11.6. The Balaban J connectivity index is 1.40. The average molecular weight is 471 g/mol. The molecule has 34 heavy (non-hydrogen) atoms. The van der Waals surface area contributed by atoms with Gasteiger partial charge >= 0.3 is 5.97 Å². The van der Waals surface area contributed by atoms with Crippen molar-refractivity contribution in [1.82, 2.24) is 0 Å². The molecule has 2 bridgehead atoms. The third-order valence-electron chi connectivity index (χ3n) is 11.7. The highest BCUT2D eigenvalue weighted by molar-refractivity contribution is 5.66. The molecule has 10 atom stereocenters. The number of carbonyl (C=O) groups excluding carboxylic acids is 1. The molecule has 0 unspecified atom stereocenters. The molecule has 190 valence electrons. The first-order valence-electron chi connectivity index (χ1n) is 14.0. The SMILES string of the molecule is CC(=O)O[C@@H]1CC[C@]2(C)[C@@H]3CC[C@]4(C)[C@H]([C@H](C)C#C[C@H](C)C(C)C)CC[C@@H]4[C@@]34CC[C@]2(C1)OO4. The molecule has 0 N–H and O–H groups in total. The first-order chi connectivity index (χ1) is 16.0. The van der Waals surface area contributed by atoms with Crippen molar-refractivity contribution < 1.29 is 19.3 Å². The second-order valence-corrected chi connectivity index (χ2v) is 13.5. The van der Waals surface area contributed by atoms with Gasteiger partial charge in [-0.2, -0.15) is 0 Å². The van der Waals surface area contributed by atoms with Crippen LogP contribution in [0.5, 0.6) is 0 Å². The summed E-state index contributed by atoms with van der Waals surface area (Å²) in [4.78, 5) is 24.7. The lowest BCUT2D eigenvalue weighted by molar-refractivity contribution is -0.536. The fourth-order valence-electron chi connectivity index (χ4n) is 9.42. The molecule has 0 aromatic carbocycles. The van der Waals surface area contributed by atoms with E-state index in [1.54, 1.807) is 0 Å². The molecule has 6 fully saturated rings. The van der Waals surface area contributed by atoms with Gasteiger partial charge in [-0.25, -0.2) is 9.78 Å². The zero-order valence-corrected chi connectivity index (χ0v) is 22.5. The van der Waals surface area contributed by atoms with Crippen LogP contribution in [0.1, 0.15) is 106 Å². The number of carbonyl (C=O) groups is 1. The molecule has 2 saturated heterocycles. The topological polar surface area (TPSA) is 44.8 Å². The Bertz CT molecular complexity index is 874. The van der Waals surface area contributed by atoms with E-state index in [9.17, 15) is 4.79 Å². The van der Waals surface area contributed by atoms with E-state index >= 15 is 0 Å². The lowest BCUT2D eigenvalue weighted by atomic mass is 9.40. The predicted molar refractivity (Wildman–Crippen MR) is 132 cm³/mol. The lowest BCUT2D eigenvalue weighted by Crippen LogP contribution is -2.75. The number of fused-ring (bicyclic) bond motifs is 3. The van der Waals surface area contributed by atoms with Crippen LogP contribution in [0.25, 0.3) is 0 Å². The monoisotopic (exact) mass is 470 g/mol. The summed E-state index contributed by atoms with van der Waals surface area (Å²) < 4.78 is 5.66. The first kappa shape index (κ1) is 24.6. The van der Waals surface area contributed by atoms with Crippen molar-refractivity contribution in [2.45, 2.75) is 124 Å². The minimum absolute atomic E-state index is 0.0443. The van der Waals surface area contributed by atoms with Crippen LogP contribution in [0.3, 0.4) is 0 Å². The molecule has 0 aromatic heterocycles. The lowest BCUT2D eigenvalue weighted by Gasteiger charge is -2.72. The molecular formula is C30H46O4. The van der Waals surface area contributed by atoms with Gasteiger partial charge in [-0.1, -0.05) is 53.4 Å². The summed E-state index contributed by atoms with van der Waals surface area (Å²) in [6.45, 7) is 15.7. The van der Waals surface area contributed by atoms with Gasteiger partial charge in [-0.05, 0) is 80.5 Å². The summed E-state index contributed by atoms with van der Waals surface area (Å²) in [6.07, 6.45) is 9.80. The van der Waals surface area contributed by atoms with Crippen LogP contribution < -0.4 is 0 Å². The highest BCUT2D eigenvalue weighted by Gasteiger charge is 2.76. The Hall–Kier alpha value is -1.05. The number of hydrogen-bond acceptors (Lipinski definition) is 4. The molecule has 6 rings (SSSR count). The van der Waals surface area contributed by atoms with E-state index in [2.05, 4.69) is 53.4 Å². The van der Waals surface area contributed by atoms with Crippen LogP contribution in [0.4, 0.5) is 0 Å². The van der Waals surface area contributed by atoms with Gasteiger partial charge in [0.2, 0.25) is 0 Å². The van der Waals surface area contributed by atoms with Crippen molar-refractivity contribution in [2.75, 3.05) is 0 Å². The molecule has 4 saturated carbocycles. The van der Waals surface area contributed by atoms with Crippen LogP contribution in [0, 0.1) is 58.2 Å². The molecule has 2 heterocycles. The Morgan fingerprint density at radius 2 is 1.68 bits per heavy atom. The zero-order chi connectivity index (χ0) is 24.5. The van der Waals surface area contributed by atoms with Crippen LogP contribution >= 0.6 is 0 Å². The Morgan fingerprint density at radius 1 is 0.912 bits per heavy atom. The minimum Gasteiger partial charge on any atom is -0.462 e. The molecule has 4 nitrogen and oxygen atoms in total. The molecule has 2 aliphatic heterocycles. The van der Waals surface area contributed by atoms with E-state index in [-0.39, 0.29) is 34.1 Å². The van der Waals surface area contributed by atoms with Crippen LogP contribution in [0.2, 0.25) is 0 Å². The van der Waals surface area contributed by atoms with E-state index in [0.29, 0.717) is 35.5 Å². The first-order valence-corrected chi connectivity index (χ1v) is 14.0. The van der Waals surface area contributed by atoms with Crippen LogP contribution in [-0.4, -0.2) is 23.3 Å². The Labute approximate surface area is 207 Å². The molecule has 4 heteroatoms. The second kappa shape index (κ2) is 8.24. The van der Waals surface area contributed by atoms with Crippen molar-refractivity contribution in [3.8, 4) is 11.8 Å². The van der Waals surface area contributed by atoms with Crippen LogP contribution in [0.15, 0.2) is 0 Å². The summed E-state index contributed by atoms with van der Waals surface area (Å²) in [5.41, 5.74) is -0.116. The van der Waals surface area contributed by atoms with E-state index in [4.69, 9.17) is 14.5 Å². The fraction of sp³-hybridized carbons (Fsp3) is 0.900. The quantitative estimate of drug-likeness (QED) is 0.261. The molecule has 0 aromatic rings. The Kier molecular flexibility index (Phi) is 5.97. The summed E-state index contributed by atoms with van der Waals surface area (Å²) in [5, 5.41) is 0. The summed E-state index contributed by atoms with van der Waals surface area (Å²) in [7, 11) is 0. The van der Waals surface area contributed by atoms with Gasteiger partial charge in [0.15, 0.2) is 0 Å². The summed E-state index contributed by atoms with van der Waals surface area (Å²) in [6, 6.07) is 0. The molecular weight excluding hydrogens is 424 g/mol. The van der Waals surface area contributed by atoms with Crippen molar-refractivity contribution in [2.24, 2.45) is 46.3 Å². The minimum atomic E-state index is -0.310. The maximum Gasteiger partial charge on any atom is 0.302 e. The van der Waals surface area contributed by atoms with Gasteiger partial charge in [-0.3, -0.25) is 4.79 Å². The molecule has 2 spiro atoms. The van der Waals surface area contributed by atoms with Crippen molar-refractivity contribution in [3.05, 3.63) is 0 Å². The number of esters is 1. The van der Waals surface area contributed by atoms with Crippen molar-refractivity contribution >= 4 is 5.97 Å². The highest BCUT2D eigenvalue weighted by Crippen LogP contribution is 2.74. The zero-order valence-electron chi connectivity index (χ0n) is 22.5. The van der Waals surface area contributed by atoms with Crippen molar-refractivity contribution in [3.63, 3.8) is 0 Å². The third-order valence-corrected chi connectivity index (χ3v) is 11.7. The van der Waals surface area contributed by atoms with Gasteiger partial charge in [0, 0.05) is 30.6 Å². The number of hydrogen-bond donors (Lipinski definition) is 0. The van der Waals surface area contributed by atoms with E-state index in [1.165, 1.54) is 32.6 Å². The molecule has 0 radical (unpaired) electrons. The van der Waals surface area contributed by atoms with Gasteiger partial charge in [0.1, 0.15) is 17.3 Å². The van der Waals surface area contributed by atoms with Crippen LogP contribution in [-0.2, 0) is 19.3 Å². The van der Waals surface area contributed by atoms with Gasteiger partial charge in [0.05, 0.1) is 0 Å². The molecule has 4 aliphatic carbocycles. The van der Waals surface area contributed by atoms with Crippen molar-refractivity contribution in [1.29, 1.82) is 0 Å². The maximum absolute atomic E-state index is 11.6. The van der Waals surface area contributed by atoms with Gasteiger partial charge < -0.3 is 4.74 Å². The largest absolute Gasteiger partial charge is 0.462 e.